The van der Waals surface area contributed by atoms with Crippen molar-refractivity contribution in [2.45, 2.75) is 18.7 Å². The maximum absolute atomic E-state index is 13.0. The first kappa shape index (κ1) is 22.0. The Kier molecular flexibility index (Phi) is 6.24. The average molecular weight is 456 g/mol. The molecule has 1 fully saturated rings. The Labute approximate surface area is 187 Å². The molecule has 0 spiro atoms. The van der Waals surface area contributed by atoms with E-state index in [1.807, 2.05) is 23.1 Å². The number of sulfonamides is 1. The van der Waals surface area contributed by atoms with Crippen LogP contribution in [0.2, 0.25) is 0 Å². The van der Waals surface area contributed by atoms with E-state index < -0.39 is 10.0 Å². The summed E-state index contributed by atoms with van der Waals surface area (Å²) in [6.07, 6.45) is 1.58. The number of anilines is 2. The van der Waals surface area contributed by atoms with Gasteiger partial charge < -0.3 is 14.6 Å². The Morgan fingerprint density at radius 3 is 2.28 bits per heavy atom. The summed E-state index contributed by atoms with van der Waals surface area (Å²) < 4.78 is 32.9. The van der Waals surface area contributed by atoms with E-state index in [4.69, 9.17) is 4.42 Å². The van der Waals surface area contributed by atoms with Crippen molar-refractivity contribution < 1.29 is 17.6 Å². The van der Waals surface area contributed by atoms with Crippen LogP contribution < -0.4 is 10.2 Å². The molecule has 2 aromatic heterocycles. The minimum Gasteiger partial charge on any atom is -0.463 e. The number of carbonyl (C=O) groups is 1. The van der Waals surface area contributed by atoms with E-state index in [1.54, 1.807) is 38.3 Å². The third-order valence-electron chi connectivity index (χ3n) is 5.27. The van der Waals surface area contributed by atoms with Gasteiger partial charge in [0.15, 0.2) is 11.6 Å². The number of piperazine rings is 1. The van der Waals surface area contributed by atoms with Crippen molar-refractivity contribution in [1.29, 1.82) is 0 Å². The number of nitrogens with zero attached hydrogens (tertiary/aromatic N) is 4. The summed E-state index contributed by atoms with van der Waals surface area (Å²) in [5, 5.41) is 11.2. The smallest absolute Gasteiger partial charge is 0.243 e. The van der Waals surface area contributed by atoms with Crippen LogP contribution in [0.5, 0.6) is 0 Å². The van der Waals surface area contributed by atoms with Gasteiger partial charge in [0.1, 0.15) is 5.69 Å². The summed E-state index contributed by atoms with van der Waals surface area (Å²) in [7, 11) is -3.62. The number of rotatable bonds is 6. The molecular formula is C22H25N5O4S. The second-order valence-corrected chi connectivity index (χ2v) is 9.75. The highest BCUT2D eigenvalue weighted by Crippen LogP contribution is 2.23. The minimum absolute atomic E-state index is 0.114. The van der Waals surface area contributed by atoms with Gasteiger partial charge in [-0.3, -0.25) is 4.79 Å². The van der Waals surface area contributed by atoms with Crippen LogP contribution in [0.25, 0.3) is 11.5 Å². The van der Waals surface area contributed by atoms with Gasteiger partial charge in [0.25, 0.3) is 0 Å². The summed E-state index contributed by atoms with van der Waals surface area (Å²) in [6, 6.07) is 13.6. The summed E-state index contributed by atoms with van der Waals surface area (Å²) >= 11 is 0. The van der Waals surface area contributed by atoms with E-state index in [9.17, 15) is 13.2 Å². The van der Waals surface area contributed by atoms with Crippen LogP contribution in [-0.4, -0.2) is 55.0 Å². The molecule has 0 saturated carbocycles. The van der Waals surface area contributed by atoms with Crippen molar-refractivity contribution in [3.63, 3.8) is 0 Å². The van der Waals surface area contributed by atoms with Crippen molar-refractivity contribution in [2.24, 2.45) is 5.92 Å². The van der Waals surface area contributed by atoms with Gasteiger partial charge in [-0.25, -0.2) is 8.42 Å². The molecule has 1 aliphatic rings. The number of aromatic nitrogens is 2. The molecule has 0 unspecified atom stereocenters. The topological polar surface area (TPSA) is 109 Å². The molecule has 9 nitrogen and oxygen atoms in total. The molecule has 0 radical (unpaired) electrons. The number of hydrogen-bond acceptors (Lipinski definition) is 7. The molecule has 168 valence electrons. The van der Waals surface area contributed by atoms with Crippen LogP contribution in [0.1, 0.15) is 13.8 Å². The molecule has 10 heteroatoms. The lowest BCUT2D eigenvalue weighted by molar-refractivity contribution is -0.118. The lowest BCUT2D eigenvalue weighted by Crippen LogP contribution is -2.49. The third kappa shape index (κ3) is 4.66. The zero-order chi connectivity index (χ0) is 22.7. The maximum Gasteiger partial charge on any atom is 0.243 e. The van der Waals surface area contributed by atoms with Gasteiger partial charge in [-0.05, 0) is 48.5 Å². The fourth-order valence-corrected chi connectivity index (χ4v) is 4.78. The number of carbonyl (C=O) groups excluding carboxylic acids is 1. The zero-order valence-corrected chi connectivity index (χ0v) is 18.7. The lowest BCUT2D eigenvalue weighted by Gasteiger charge is -2.34. The molecule has 1 aliphatic heterocycles. The van der Waals surface area contributed by atoms with E-state index in [0.717, 1.165) is 0 Å². The number of nitrogens with one attached hydrogen (secondary N) is 1. The fraction of sp³-hybridized carbons (Fsp3) is 0.318. The summed E-state index contributed by atoms with van der Waals surface area (Å²) in [4.78, 5) is 14.0. The first-order valence-corrected chi connectivity index (χ1v) is 11.8. The second-order valence-electron chi connectivity index (χ2n) is 7.81. The Morgan fingerprint density at radius 2 is 1.72 bits per heavy atom. The zero-order valence-electron chi connectivity index (χ0n) is 17.9. The van der Waals surface area contributed by atoms with Crippen LogP contribution >= 0.6 is 0 Å². The molecule has 4 rings (SSSR count). The highest BCUT2D eigenvalue weighted by Gasteiger charge is 2.29. The van der Waals surface area contributed by atoms with Crippen LogP contribution in [0, 0.1) is 5.92 Å². The molecule has 1 amide bonds. The molecule has 32 heavy (non-hydrogen) atoms. The van der Waals surface area contributed by atoms with Gasteiger partial charge in [-0.1, -0.05) is 13.8 Å². The number of benzene rings is 1. The van der Waals surface area contributed by atoms with Gasteiger partial charge in [-0.15, -0.1) is 10.2 Å². The molecule has 0 aliphatic carbocycles. The molecule has 3 heterocycles. The van der Waals surface area contributed by atoms with E-state index in [0.29, 0.717) is 49.1 Å². The van der Waals surface area contributed by atoms with Crippen LogP contribution in [0.3, 0.4) is 0 Å². The Morgan fingerprint density at radius 1 is 1.00 bits per heavy atom. The van der Waals surface area contributed by atoms with Crippen molar-refractivity contribution in [3.05, 3.63) is 54.8 Å². The molecule has 1 saturated heterocycles. The molecule has 1 aromatic carbocycles. The monoisotopic (exact) mass is 455 g/mol. The normalized spacial score (nSPS) is 15.2. The van der Waals surface area contributed by atoms with Crippen molar-refractivity contribution in [2.75, 3.05) is 36.4 Å². The largest absolute Gasteiger partial charge is 0.463 e. The predicted molar refractivity (Wildman–Crippen MR) is 121 cm³/mol. The Hall–Kier alpha value is -3.24. The van der Waals surface area contributed by atoms with Crippen molar-refractivity contribution in [1.82, 2.24) is 14.5 Å². The van der Waals surface area contributed by atoms with Crippen LogP contribution in [0.15, 0.2) is 64.1 Å². The summed E-state index contributed by atoms with van der Waals surface area (Å²) in [5.74, 6) is 1.08. The maximum atomic E-state index is 13.0. The highest BCUT2D eigenvalue weighted by atomic mass is 32.2. The van der Waals surface area contributed by atoms with Gasteiger partial charge in [0, 0.05) is 37.8 Å². The van der Waals surface area contributed by atoms with Gasteiger partial charge >= 0.3 is 0 Å². The van der Waals surface area contributed by atoms with E-state index in [2.05, 4.69) is 15.5 Å². The molecule has 1 N–H and O–H groups in total. The highest BCUT2D eigenvalue weighted by molar-refractivity contribution is 7.89. The predicted octanol–water partition coefficient (Wildman–Crippen LogP) is 2.84. The molecule has 0 atom stereocenters. The molecule has 3 aromatic rings. The van der Waals surface area contributed by atoms with Gasteiger partial charge in [0.2, 0.25) is 15.9 Å². The molecular weight excluding hydrogens is 430 g/mol. The fourth-order valence-electron chi connectivity index (χ4n) is 3.35. The minimum atomic E-state index is -3.62. The summed E-state index contributed by atoms with van der Waals surface area (Å²) in [6.45, 7) is 5.30. The first-order chi connectivity index (χ1) is 15.3. The standard InChI is InChI=1S/C22H25N5O4S/c1-16(2)22(28)23-17-5-7-18(8-6-17)32(29,30)27-13-11-26(12-14-27)21-10-9-19(24-25-21)20-4-3-15-31-20/h3-10,15-16H,11-14H2,1-2H3,(H,23,28). The third-order valence-corrected chi connectivity index (χ3v) is 7.18. The SMILES string of the molecule is CC(C)C(=O)Nc1ccc(S(=O)(=O)N2CCN(c3ccc(-c4ccco4)nn3)CC2)cc1. The van der Waals surface area contributed by atoms with Gasteiger partial charge in [-0.2, -0.15) is 4.31 Å². The Bertz CT molecular complexity index is 1150. The van der Waals surface area contributed by atoms with Crippen LogP contribution in [-0.2, 0) is 14.8 Å². The lowest BCUT2D eigenvalue weighted by atomic mass is 10.2. The number of hydrogen-bond donors (Lipinski definition) is 1. The average Bonchev–Trinajstić information content (AvgIpc) is 3.35. The quantitative estimate of drug-likeness (QED) is 0.609. The van der Waals surface area contributed by atoms with Crippen molar-refractivity contribution >= 4 is 27.4 Å². The van der Waals surface area contributed by atoms with E-state index >= 15 is 0 Å². The number of amides is 1. The first-order valence-electron chi connectivity index (χ1n) is 10.4. The van der Waals surface area contributed by atoms with E-state index in [1.165, 1.54) is 16.4 Å². The number of furan rings is 1. The van der Waals surface area contributed by atoms with E-state index in [-0.39, 0.29) is 16.7 Å². The summed E-state index contributed by atoms with van der Waals surface area (Å²) in [5.41, 5.74) is 1.22. The Balaban J connectivity index is 1.38. The van der Waals surface area contributed by atoms with Crippen molar-refractivity contribution in [3.8, 4) is 11.5 Å². The van der Waals surface area contributed by atoms with Crippen LogP contribution in [0.4, 0.5) is 11.5 Å². The molecule has 0 bridgehead atoms. The second kappa shape index (κ2) is 9.09. The van der Waals surface area contributed by atoms with Gasteiger partial charge in [0.05, 0.1) is 11.2 Å².